The van der Waals surface area contributed by atoms with Gasteiger partial charge in [0, 0.05) is 0 Å². The Kier molecular flexibility index (Phi) is 2.35. The molecule has 0 spiro atoms. The summed E-state index contributed by atoms with van der Waals surface area (Å²) in [6.07, 6.45) is 0. The maximum absolute atomic E-state index is 8.87. The molecule has 0 aliphatic heterocycles. The number of aryl methyl sites for hydroxylation is 3. The van der Waals surface area contributed by atoms with E-state index < -0.39 is 0 Å². The van der Waals surface area contributed by atoms with E-state index in [-0.39, 0.29) is 0 Å². The molecular formula is C9H12BO. The first-order chi connectivity index (χ1) is 5.15. The van der Waals surface area contributed by atoms with Crippen LogP contribution in [0.4, 0.5) is 0 Å². The highest BCUT2D eigenvalue weighted by Gasteiger charge is 2.02. The van der Waals surface area contributed by atoms with E-state index in [4.69, 9.17) is 5.02 Å². The van der Waals surface area contributed by atoms with Crippen molar-refractivity contribution in [1.82, 2.24) is 0 Å². The summed E-state index contributed by atoms with van der Waals surface area (Å²) in [6.45, 7) is 6.06. The second-order valence-corrected chi connectivity index (χ2v) is 2.94. The predicted molar refractivity (Wildman–Crippen MR) is 48.3 cm³/mol. The molecule has 1 aromatic carbocycles. The van der Waals surface area contributed by atoms with Crippen LogP contribution in [0.5, 0.6) is 0 Å². The zero-order valence-corrected chi connectivity index (χ0v) is 7.18. The molecule has 2 heteroatoms. The molecule has 0 bridgehead atoms. The van der Waals surface area contributed by atoms with Gasteiger partial charge in [0.15, 0.2) is 0 Å². The Bertz CT molecular complexity index is 245. The van der Waals surface area contributed by atoms with Crippen LogP contribution in [0.3, 0.4) is 0 Å². The summed E-state index contributed by atoms with van der Waals surface area (Å²) in [5.74, 6) is 0. The van der Waals surface area contributed by atoms with Gasteiger partial charge in [-0.3, -0.25) is 0 Å². The fraction of sp³-hybridized carbons (Fsp3) is 0.333. The second-order valence-electron chi connectivity index (χ2n) is 2.94. The quantitative estimate of drug-likeness (QED) is 0.583. The van der Waals surface area contributed by atoms with E-state index in [1.54, 1.807) is 0 Å². The van der Waals surface area contributed by atoms with Crippen molar-refractivity contribution in [3.8, 4) is 0 Å². The van der Waals surface area contributed by atoms with Gasteiger partial charge in [-0.05, 0) is 26.2 Å². The summed E-state index contributed by atoms with van der Waals surface area (Å²) in [4.78, 5) is 0. The van der Waals surface area contributed by atoms with E-state index in [9.17, 15) is 0 Å². The topological polar surface area (TPSA) is 20.2 Å². The molecule has 11 heavy (non-hydrogen) atoms. The van der Waals surface area contributed by atoms with E-state index in [2.05, 4.69) is 19.1 Å². The maximum Gasteiger partial charge on any atom is 0.327 e. The molecule has 0 fully saturated rings. The molecule has 1 radical (unpaired) electrons. The first-order valence-corrected chi connectivity index (χ1v) is 3.70. The highest BCUT2D eigenvalue weighted by Crippen LogP contribution is 2.04. The largest absolute Gasteiger partial charge is 0.450 e. The van der Waals surface area contributed by atoms with Crippen LogP contribution in [-0.2, 0) is 0 Å². The molecule has 57 valence electrons. The van der Waals surface area contributed by atoms with E-state index in [0.29, 0.717) is 0 Å². The lowest BCUT2D eigenvalue weighted by Gasteiger charge is -2.06. The van der Waals surface area contributed by atoms with Gasteiger partial charge in [0.05, 0.1) is 0 Å². The van der Waals surface area contributed by atoms with Gasteiger partial charge in [-0.15, -0.1) is 0 Å². The van der Waals surface area contributed by atoms with Crippen molar-refractivity contribution in [2.24, 2.45) is 0 Å². The number of hydrogen-bond donors (Lipinski definition) is 1. The van der Waals surface area contributed by atoms with Crippen molar-refractivity contribution in [1.29, 1.82) is 0 Å². The van der Waals surface area contributed by atoms with Gasteiger partial charge in [-0.25, -0.2) is 0 Å². The van der Waals surface area contributed by atoms with Gasteiger partial charge < -0.3 is 5.02 Å². The number of benzene rings is 1. The van der Waals surface area contributed by atoms with E-state index in [1.807, 2.05) is 13.8 Å². The van der Waals surface area contributed by atoms with E-state index in [0.717, 1.165) is 16.6 Å². The summed E-state index contributed by atoms with van der Waals surface area (Å²) >= 11 is 0. The lowest BCUT2D eigenvalue weighted by molar-refractivity contribution is 0.615. The molecule has 0 aromatic heterocycles. The molecule has 0 amide bonds. The lowest BCUT2D eigenvalue weighted by atomic mass is 9.80. The van der Waals surface area contributed by atoms with E-state index in [1.165, 1.54) is 13.0 Å². The van der Waals surface area contributed by atoms with Crippen LogP contribution in [0.15, 0.2) is 12.1 Å². The number of hydrogen-bond acceptors (Lipinski definition) is 1. The SMILES string of the molecule is Cc1cc(C)c([B]O)c(C)c1. The highest BCUT2D eigenvalue weighted by atomic mass is 16.2. The molecule has 1 nitrogen and oxygen atoms in total. The summed E-state index contributed by atoms with van der Waals surface area (Å²) in [5.41, 5.74) is 4.44. The van der Waals surface area contributed by atoms with Gasteiger partial charge in [0.25, 0.3) is 0 Å². The third-order valence-electron chi connectivity index (χ3n) is 1.87. The third kappa shape index (κ3) is 1.63. The molecule has 0 unspecified atom stereocenters. The fourth-order valence-corrected chi connectivity index (χ4v) is 1.39. The van der Waals surface area contributed by atoms with Gasteiger partial charge in [-0.2, -0.15) is 0 Å². The minimum atomic E-state index is 0.940. The average molecular weight is 147 g/mol. The van der Waals surface area contributed by atoms with Crippen LogP contribution in [0, 0.1) is 20.8 Å². The Morgan fingerprint density at radius 1 is 1.09 bits per heavy atom. The summed E-state index contributed by atoms with van der Waals surface area (Å²) in [6, 6.07) is 4.13. The van der Waals surface area contributed by atoms with Crippen LogP contribution in [0.2, 0.25) is 0 Å². The Hall–Kier alpha value is -0.755. The predicted octanol–water partition coefficient (Wildman–Crippen LogP) is 0.849. The van der Waals surface area contributed by atoms with Gasteiger partial charge in [-0.1, -0.05) is 28.8 Å². The zero-order chi connectivity index (χ0) is 8.43. The standard InChI is InChI=1S/C9H12BO/c1-6-4-7(2)9(10-11)8(3)5-6/h4-5,11H,1-3H3. The van der Waals surface area contributed by atoms with E-state index >= 15 is 0 Å². The van der Waals surface area contributed by atoms with Gasteiger partial charge >= 0.3 is 7.48 Å². The van der Waals surface area contributed by atoms with Crippen LogP contribution in [0.25, 0.3) is 0 Å². The van der Waals surface area contributed by atoms with Crippen molar-refractivity contribution in [3.63, 3.8) is 0 Å². The van der Waals surface area contributed by atoms with Crippen molar-refractivity contribution in [2.75, 3.05) is 0 Å². The third-order valence-corrected chi connectivity index (χ3v) is 1.87. The monoisotopic (exact) mass is 147 g/mol. The molecule has 1 aromatic rings. The molecule has 0 heterocycles. The van der Waals surface area contributed by atoms with Crippen LogP contribution in [-0.4, -0.2) is 12.5 Å². The van der Waals surface area contributed by atoms with Crippen molar-refractivity contribution < 1.29 is 5.02 Å². The molecular weight excluding hydrogens is 135 g/mol. The van der Waals surface area contributed by atoms with Crippen LogP contribution < -0.4 is 5.46 Å². The van der Waals surface area contributed by atoms with Gasteiger partial charge in [0.2, 0.25) is 0 Å². The molecule has 0 atom stereocenters. The minimum absolute atomic E-state index is 0.940. The first-order valence-electron chi connectivity index (χ1n) is 3.70. The molecule has 0 saturated heterocycles. The molecule has 1 rings (SSSR count). The smallest absolute Gasteiger partial charge is 0.327 e. The minimum Gasteiger partial charge on any atom is -0.450 e. The maximum atomic E-state index is 8.87. The summed E-state index contributed by atoms with van der Waals surface area (Å²) < 4.78 is 0. The Balaban J connectivity index is 3.25. The van der Waals surface area contributed by atoms with Crippen LogP contribution in [0.1, 0.15) is 16.7 Å². The van der Waals surface area contributed by atoms with Crippen molar-refractivity contribution >= 4 is 12.9 Å². The molecule has 1 N–H and O–H groups in total. The fourth-order valence-electron chi connectivity index (χ4n) is 1.39. The Labute approximate surface area is 68.3 Å². The highest BCUT2D eigenvalue weighted by molar-refractivity contribution is 6.47. The summed E-state index contributed by atoms with van der Waals surface area (Å²) in [7, 11) is 1.17. The number of rotatable bonds is 1. The second kappa shape index (κ2) is 3.10. The summed E-state index contributed by atoms with van der Waals surface area (Å²) in [5, 5.41) is 8.87. The first kappa shape index (κ1) is 8.34. The van der Waals surface area contributed by atoms with Crippen LogP contribution >= 0.6 is 0 Å². The Morgan fingerprint density at radius 2 is 1.55 bits per heavy atom. The molecule has 0 aliphatic rings. The zero-order valence-electron chi connectivity index (χ0n) is 7.18. The molecule has 0 saturated carbocycles. The normalized spacial score (nSPS) is 9.82. The van der Waals surface area contributed by atoms with Gasteiger partial charge in [0.1, 0.15) is 0 Å². The molecule has 0 aliphatic carbocycles. The van der Waals surface area contributed by atoms with Crippen molar-refractivity contribution in [3.05, 3.63) is 28.8 Å². The average Bonchev–Trinajstić information content (AvgIpc) is 1.85. The Morgan fingerprint density at radius 3 is 1.91 bits per heavy atom. The van der Waals surface area contributed by atoms with Crippen molar-refractivity contribution in [2.45, 2.75) is 20.8 Å². The lowest BCUT2D eigenvalue weighted by Crippen LogP contribution is -2.20.